The normalized spacial score (nSPS) is 12.6. The quantitative estimate of drug-likeness (QED) is 0.455. The topological polar surface area (TPSA) is 4.93 Å². The fourth-order valence-corrected chi connectivity index (χ4v) is 4.38. The van der Waals surface area contributed by atoms with Gasteiger partial charge in [-0.2, -0.15) is 0 Å². The summed E-state index contributed by atoms with van der Waals surface area (Å²) >= 11 is 1.89. The Morgan fingerprint density at radius 2 is 1.61 bits per heavy atom. The molecule has 2 aromatic heterocycles. The average molecular weight is 317 g/mol. The standard InChI is InChI=1S/C21H19NS/c1-15-12-13-20(23-15)21(16-8-4-3-5-9-16)18-14-22(2)19-11-7-6-10-17(18)19/h3-14,21H,1-2H3/t21-/m0/s1. The third-order valence-corrected chi connectivity index (χ3v) is 5.48. The molecule has 0 unspecified atom stereocenters. The molecule has 0 radical (unpaired) electrons. The summed E-state index contributed by atoms with van der Waals surface area (Å²) in [5.74, 6) is 0.293. The van der Waals surface area contributed by atoms with Crippen LogP contribution in [0.2, 0.25) is 0 Å². The van der Waals surface area contributed by atoms with Gasteiger partial charge in [0.2, 0.25) is 0 Å². The van der Waals surface area contributed by atoms with Crippen molar-refractivity contribution in [1.29, 1.82) is 0 Å². The summed E-state index contributed by atoms with van der Waals surface area (Å²) in [6.07, 6.45) is 2.29. The lowest BCUT2D eigenvalue weighted by atomic mass is 9.90. The maximum absolute atomic E-state index is 2.29. The molecule has 23 heavy (non-hydrogen) atoms. The first-order valence-corrected chi connectivity index (χ1v) is 8.71. The minimum atomic E-state index is 0.293. The number of hydrogen-bond acceptors (Lipinski definition) is 1. The lowest BCUT2D eigenvalue weighted by molar-refractivity contribution is 0.936. The van der Waals surface area contributed by atoms with Crippen LogP contribution < -0.4 is 0 Å². The molecule has 0 N–H and O–H groups in total. The van der Waals surface area contributed by atoms with Crippen molar-refractivity contribution in [3.05, 3.63) is 93.8 Å². The SMILES string of the molecule is Cc1ccc([C@@H](c2ccccc2)c2cn(C)c3ccccc23)s1. The summed E-state index contributed by atoms with van der Waals surface area (Å²) in [6, 6.07) is 24.0. The van der Waals surface area contributed by atoms with E-state index in [1.165, 1.54) is 31.8 Å². The van der Waals surface area contributed by atoms with Gasteiger partial charge in [-0.05, 0) is 36.2 Å². The Bertz CT molecular complexity index is 946. The van der Waals surface area contributed by atoms with E-state index in [1.54, 1.807) is 0 Å². The van der Waals surface area contributed by atoms with Gasteiger partial charge in [0.15, 0.2) is 0 Å². The van der Waals surface area contributed by atoms with Crippen LogP contribution in [-0.2, 0) is 7.05 Å². The monoisotopic (exact) mass is 317 g/mol. The molecule has 0 amide bonds. The first-order valence-electron chi connectivity index (χ1n) is 7.89. The fourth-order valence-electron chi connectivity index (χ4n) is 3.35. The highest BCUT2D eigenvalue weighted by Gasteiger charge is 2.22. The van der Waals surface area contributed by atoms with Gasteiger partial charge in [-0.3, -0.25) is 0 Å². The maximum atomic E-state index is 2.29. The van der Waals surface area contributed by atoms with Gasteiger partial charge < -0.3 is 4.57 Å². The Hall–Kier alpha value is -2.32. The molecule has 0 aliphatic heterocycles. The molecule has 0 fully saturated rings. The van der Waals surface area contributed by atoms with Crippen molar-refractivity contribution in [3.8, 4) is 0 Å². The van der Waals surface area contributed by atoms with E-state index in [1.807, 2.05) is 11.3 Å². The van der Waals surface area contributed by atoms with E-state index in [2.05, 4.69) is 91.5 Å². The summed E-state index contributed by atoms with van der Waals surface area (Å²) in [5.41, 5.74) is 4.03. The summed E-state index contributed by atoms with van der Waals surface area (Å²) in [4.78, 5) is 2.77. The van der Waals surface area contributed by atoms with Crippen LogP contribution >= 0.6 is 11.3 Å². The van der Waals surface area contributed by atoms with Crippen LogP contribution in [-0.4, -0.2) is 4.57 Å². The van der Waals surface area contributed by atoms with Gasteiger partial charge in [0, 0.05) is 39.8 Å². The van der Waals surface area contributed by atoms with Crippen molar-refractivity contribution < 1.29 is 0 Å². The molecule has 2 aromatic carbocycles. The fraction of sp³-hybridized carbons (Fsp3) is 0.143. The van der Waals surface area contributed by atoms with Crippen molar-refractivity contribution in [2.45, 2.75) is 12.8 Å². The number of para-hydroxylation sites is 1. The van der Waals surface area contributed by atoms with E-state index in [0.717, 1.165) is 0 Å². The van der Waals surface area contributed by atoms with E-state index in [0.29, 0.717) is 5.92 Å². The second-order valence-corrected chi connectivity index (χ2v) is 7.32. The van der Waals surface area contributed by atoms with E-state index in [-0.39, 0.29) is 0 Å². The van der Waals surface area contributed by atoms with Crippen molar-refractivity contribution in [3.63, 3.8) is 0 Å². The number of rotatable bonds is 3. The average Bonchev–Trinajstić information content (AvgIpc) is 3.14. The van der Waals surface area contributed by atoms with Gasteiger partial charge in [0.1, 0.15) is 0 Å². The summed E-state index contributed by atoms with van der Waals surface area (Å²) in [5, 5.41) is 1.34. The number of thiophene rings is 1. The first-order chi connectivity index (χ1) is 11.2. The largest absolute Gasteiger partial charge is 0.350 e. The van der Waals surface area contributed by atoms with E-state index in [4.69, 9.17) is 0 Å². The highest BCUT2D eigenvalue weighted by Crippen LogP contribution is 2.39. The minimum Gasteiger partial charge on any atom is -0.350 e. The highest BCUT2D eigenvalue weighted by molar-refractivity contribution is 7.12. The van der Waals surface area contributed by atoms with Crippen LogP contribution in [0.1, 0.15) is 26.8 Å². The first kappa shape index (κ1) is 14.3. The molecular formula is C21H19NS. The van der Waals surface area contributed by atoms with Crippen LogP contribution in [0.4, 0.5) is 0 Å². The van der Waals surface area contributed by atoms with Crippen molar-refractivity contribution in [2.75, 3.05) is 0 Å². The van der Waals surface area contributed by atoms with Gasteiger partial charge in [-0.25, -0.2) is 0 Å². The van der Waals surface area contributed by atoms with Crippen molar-refractivity contribution in [2.24, 2.45) is 7.05 Å². The molecule has 2 heterocycles. The van der Waals surface area contributed by atoms with Gasteiger partial charge in [0.25, 0.3) is 0 Å². The molecule has 1 atom stereocenters. The molecule has 0 spiro atoms. The molecule has 4 aromatic rings. The predicted octanol–water partition coefficient (Wildman–Crippen LogP) is 5.73. The smallest absolute Gasteiger partial charge is 0.0480 e. The number of fused-ring (bicyclic) bond motifs is 1. The zero-order valence-electron chi connectivity index (χ0n) is 13.4. The second-order valence-electron chi connectivity index (χ2n) is 6.00. The Morgan fingerprint density at radius 3 is 2.35 bits per heavy atom. The lowest BCUT2D eigenvalue weighted by Crippen LogP contribution is -2.00. The Kier molecular flexibility index (Phi) is 3.55. The predicted molar refractivity (Wildman–Crippen MR) is 99.4 cm³/mol. The third kappa shape index (κ3) is 2.49. The van der Waals surface area contributed by atoms with E-state index >= 15 is 0 Å². The van der Waals surface area contributed by atoms with Crippen molar-refractivity contribution >= 4 is 22.2 Å². The molecule has 4 rings (SSSR count). The van der Waals surface area contributed by atoms with Crippen LogP contribution in [0.15, 0.2) is 72.9 Å². The second kappa shape index (κ2) is 5.71. The molecule has 0 bridgehead atoms. The van der Waals surface area contributed by atoms with Gasteiger partial charge in [-0.15, -0.1) is 11.3 Å². The van der Waals surface area contributed by atoms with E-state index in [9.17, 15) is 0 Å². The minimum absolute atomic E-state index is 0.293. The van der Waals surface area contributed by atoms with Gasteiger partial charge in [0.05, 0.1) is 0 Å². The van der Waals surface area contributed by atoms with Crippen molar-refractivity contribution in [1.82, 2.24) is 4.57 Å². The maximum Gasteiger partial charge on any atom is 0.0480 e. The molecule has 114 valence electrons. The molecule has 2 heteroatoms. The molecule has 1 nitrogen and oxygen atoms in total. The lowest BCUT2D eigenvalue weighted by Gasteiger charge is -2.16. The van der Waals surface area contributed by atoms with Crippen LogP contribution in [0.5, 0.6) is 0 Å². The zero-order valence-corrected chi connectivity index (χ0v) is 14.2. The number of aromatic nitrogens is 1. The number of benzene rings is 2. The Labute approximate surface area is 140 Å². The highest BCUT2D eigenvalue weighted by atomic mass is 32.1. The summed E-state index contributed by atoms with van der Waals surface area (Å²) in [6.45, 7) is 2.18. The van der Waals surface area contributed by atoms with Crippen LogP contribution in [0.25, 0.3) is 10.9 Å². The number of aryl methyl sites for hydroxylation is 2. The molecule has 0 aliphatic carbocycles. The van der Waals surface area contributed by atoms with E-state index < -0.39 is 0 Å². The van der Waals surface area contributed by atoms with Gasteiger partial charge >= 0.3 is 0 Å². The number of hydrogen-bond donors (Lipinski definition) is 0. The summed E-state index contributed by atoms with van der Waals surface area (Å²) in [7, 11) is 2.13. The van der Waals surface area contributed by atoms with Crippen LogP contribution in [0, 0.1) is 6.92 Å². The molecule has 0 saturated heterocycles. The zero-order chi connectivity index (χ0) is 15.8. The van der Waals surface area contributed by atoms with Gasteiger partial charge in [-0.1, -0.05) is 48.5 Å². The molecule has 0 aliphatic rings. The molecular weight excluding hydrogens is 298 g/mol. The Morgan fingerprint density at radius 1 is 0.870 bits per heavy atom. The van der Waals surface area contributed by atoms with Crippen LogP contribution in [0.3, 0.4) is 0 Å². The number of nitrogens with zero attached hydrogens (tertiary/aromatic N) is 1. The summed E-state index contributed by atoms with van der Waals surface area (Å²) < 4.78 is 2.24. The molecule has 0 saturated carbocycles. The Balaban J connectivity index is 1.98. The third-order valence-electron chi connectivity index (χ3n) is 4.42.